The number of carboxylic acid groups (broad SMARTS) is 1. The second kappa shape index (κ2) is 6.12. The monoisotopic (exact) mass is 224 g/mol. The molecule has 1 rings (SSSR count). The molecule has 0 aliphatic rings. The molecule has 4 nitrogen and oxygen atoms in total. The van der Waals surface area contributed by atoms with Gasteiger partial charge in [-0.2, -0.15) is 0 Å². The molecule has 0 amide bonds. The van der Waals surface area contributed by atoms with E-state index in [1.165, 1.54) is 0 Å². The third kappa shape index (κ3) is 4.79. The number of hydrogen-bond donors (Lipinski definition) is 2. The maximum atomic E-state index is 10.4. The Morgan fingerprint density at radius 2 is 2.00 bits per heavy atom. The van der Waals surface area contributed by atoms with Crippen LogP contribution in [-0.4, -0.2) is 28.9 Å². The van der Waals surface area contributed by atoms with Gasteiger partial charge in [-0.25, -0.2) is 0 Å². The van der Waals surface area contributed by atoms with Crippen LogP contribution in [0.25, 0.3) is 0 Å². The molecule has 0 aliphatic heterocycles. The van der Waals surface area contributed by atoms with Gasteiger partial charge in [-0.1, -0.05) is 12.1 Å². The topological polar surface area (TPSA) is 66.8 Å². The minimum Gasteiger partial charge on any atom is -0.493 e. The van der Waals surface area contributed by atoms with Crippen LogP contribution in [0.15, 0.2) is 24.3 Å². The van der Waals surface area contributed by atoms with Crippen molar-refractivity contribution in [1.29, 1.82) is 0 Å². The molecule has 1 atom stereocenters. The van der Waals surface area contributed by atoms with E-state index >= 15 is 0 Å². The maximum Gasteiger partial charge on any atom is 0.307 e. The molecule has 0 spiro atoms. The lowest BCUT2D eigenvalue weighted by atomic mass is 10.1. The summed E-state index contributed by atoms with van der Waals surface area (Å²) in [6, 6.07) is 6.93. The van der Waals surface area contributed by atoms with Crippen molar-refractivity contribution in [3.05, 3.63) is 29.8 Å². The lowest BCUT2D eigenvalue weighted by Crippen LogP contribution is -2.07. The molecule has 88 valence electrons. The van der Waals surface area contributed by atoms with Crippen molar-refractivity contribution < 1.29 is 19.7 Å². The quantitative estimate of drug-likeness (QED) is 0.767. The first-order valence-electron chi connectivity index (χ1n) is 5.19. The van der Waals surface area contributed by atoms with Crippen molar-refractivity contribution in [3.8, 4) is 5.75 Å². The second-order valence-electron chi connectivity index (χ2n) is 3.70. The minimum absolute atomic E-state index is 0.0218. The lowest BCUT2D eigenvalue weighted by molar-refractivity contribution is -0.136. The van der Waals surface area contributed by atoms with Crippen LogP contribution in [0, 0.1) is 0 Å². The molecule has 4 heteroatoms. The summed E-state index contributed by atoms with van der Waals surface area (Å²) in [5.74, 6) is -0.155. The van der Waals surface area contributed by atoms with E-state index < -0.39 is 5.97 Å². The largest absolute Gasteiger partial charge is 0.493 e. The van der Waals surface area contributed by atoms with Crippen LogP contribution in [-0.2, 0) is 11.2 Å². The zero-order valence-electron chi connectivity index (χ0n) is 9.22. The van der Waals surface area contributed by atoms with Gasteiger partial charge < -0.3 is 14.9 Å². The van der Waals surface area contributed by atoms with Crippen LogP contribution in [0.2, 0.25) is 0 Å². The Morgan fingerprint density at radius 3 is 2.50 bits per heavy atom. The summed E-state index contributed by atoms with van der Waals surface area (Å²) in [4.78, 5) is 10.4. The van der Waals surface area contributed by atoms with Gasteiger partial charge in [0.15, 0.2) is 0 Å². The Kier molecular flexibility index (Phi) is 4.79. The van der Waals surface area contributed by atoms with Crippen LogP contribution in [0.3, 0.4) is 0 Å². The van der Waals surface area contributed by atoms with Crippen molar-refractivity contribution in [2.75, 3.05) is 6.61 Å². The van der Waals surface area contributed by atoms with Crippen molar-refractivity contribution >= 4 is 5.97 Å². The Bertz CT molecular complexity index is 329. The minimum atomic E-state index is -0.845. The molecule has 16 heavy (non-hydrogen) atoms. The number of ether oxygens (including phenoxy) is 1. The summed E-state index contributed by atoms with van der Waals surface area (Å²) in [5.41, 5.74) is 0.746. The highest BCUT2D eigenvalue weighted by atomic mass is 16.5. The van der Waals surface area contributed by atoms with Gasteiger partial charge in [0.1, 0.15) is 5.75 Å². The van der Waals surface area contributed by atoms with Gasteiger partial charge in [-0.3, -0.25) is 4.79 Å². The Labute approximate surface area is 94.5 Å². The fourth-order valence-electron chi connectivity index (χ4n) is 1.23. The SMILES string of the molecule is CC(O)CCOc1ccc(CC(=O)O)cc1. The highest BCUT2D eigenvalue weighted by molar-refractivity contribution is 5.70. The lowest BCUT2D eigenvalue weighted by Gasteiger charge is -2.07. The highest BCUT2D eigenvalue weighted by Crippen LogP contribution is 2.13. The number of aliphatic hydroxyl groups is 1. The average Bonchev–Trinajstić information content (AvgIpc) is 2.19. The van der Waals surface area contributed by atoms with E-state index in [0.29, 0.717) is 18.8 Å². The Hall–Kier alpha value is -1.55. The van der Waals surface area contributed by atoms with Gasteiger partial charge in [0, 0.05) is 6.42 Å². The first kappa shape index (κ1) is 12.5. The smallest absolute Gasteiger partial charge is 0.307 e. The Balaban J connectivity index is 2.42. The fraction of sp³-hybridized carbons (Fsp3) is 0.417. The second-order valence-corrected chi connectivity index (χ2v) is 3.70. The third-order valence-corrected chi connectivity index (χ3v) is 2.08. The summed E-state index contributed by atoms with van der Waals surface area (Å²) in [7, 11) is 0. The maximum absolute atomic E-state index is 10.4. The first-order chi connectivity index (χ1) is 7.58. The molecule has 0 saturated heterocycles. The summed E-state index contributed by atoms with van der Waals surface area (Å²) in [6.07, 6.45) is 0.233. The number of rotatable bonds is 6. The zero-order chi connectivity index (χ0) is 12.0. The molecule has 1 aromatic rings. The molecular weight excluding hydrogens is 208 g/mol. The van der Waals surface area contributed by atoms with Crippen LogP contribution in [0.1, 0.15) is 18.9 Å². The van der Waals surface area contributed by atoms with Crippen LogP contribution in [0.4, 0.5) is 0 Å². The summed E-state index contributed by atoms with van der Waals surface area (Å²) in [5, 5.41) is 17.6. The number of benzene rings is 1. The summed E-state index contributed by atoms with van der Waals surface area (Å²) in [6.45, 7) is 2.16. The van der Waals surface area contributed by atoms with E-state index in [1.54, 1.807) is 31.2 Å². The Morgan fingerprint density at radius 1 is 1.38 bits per heavy atom. The summed E-state index contributed by atoms with van der Waals surface area (Å²) < 4.78 is 5.37. The molecule has 0 radical (unpaired) electrons. The van der Waals surface area contributed by atoms with E-state index in [0.717, 1.165) is 5.56 Å². The molecule has 0 fully saturated rings. The van der Waals surface area contributed by atoms with Crippen LogP contribution in [0.5, 0.6) is 5.75 Å². The van der Waals surface area contributed by atoms with E-state index in [1.807, 2.05) is 0 Å². The number of carboxylic acids is 1. The molecule has 0 saturated carbocycles. The first-order valence-corrected chi connectivity index (χ1v) is 5.19. The average molecular weight is 224 g/mol. The number of hydrogen-bond acceptors (Lipinski definition) is 3. The molecule has 1 aromatic carbocycles. The van der Waals surface area contributed by atoms with Gasteiger partial charge in [0.25, 0.3) is 0 Å². The van der Waals surface area contributed by atoms with Gasteiger partial charge in [-0.15, -0.1) is 0 Å². The molecule has 0 aliphatic carbocycles. The highest BCUT2D eigenvalue weighted by Gasteiger charge is 2.01. The van der Waals surface area contributed by atoms with Crippen molar-refractivity contribution in [2.45, 2.75) is 25.9 Å². The summed E-state index contributed by atoms with van der Waals surface area (Å²) >= 11 is 0. The van der Waals surface area contributed by atoms with E-state index in [-0.39, 0.29) is 12.5 Å². The van der Waals surface area contributed by atoms with Gasteiger partial charge in [-0.05, 0) is 24.6 Å². The number of carbonyl (C=O) groups is 1. The molecule has 0 heterocycles. The molecular formula is C12H16O4. The van der Waals surface area contributed by atoms with E-state index in [9.17, 15) is 4.79 Å². The van der Waals surface area contributed by atoms with Gasteiger partial charge in [0.2, 0.25) is 0 Å². The molecule has 0 bridgehead atoms. The number of aliphatic carboxylic acids is 1. The van der Waals surface area contributed by atoms with Crippen molar-refractivity contribution in [1.82, 2.24) is 0 Å². The molecule has 2 N–H and O–H groups in total. The van der Waals surface area contributed by atoms with Gasteiger partial charge >= 0.3 is 5.97 Å². The van der Waals surface area contributed by atoms with Crippen molar-refractivity contribution in [3.63, 3.8) is 0 Å². The predicted molar refractivity (Wildman–Crippen MR) is 59.6 cm³/mol. The van der Waals surface area contributed by atoms with Gasteiger partial charge in [0.05, 0.1) is 19.1 Å². The van der Waals surface area contributed by atoms with Crippen LogP contribution < -0.4 is 4.74 Å². The van der Waals surface area contributed by atoms with E-state index in [4.69, 9.17) is 14.9 Å². The van der Waals surface area contributed by atoms with Crippen molar-refractivity contribution in [2.24, 2.45) is 0 Å². The predicted octanol–water partition coefficient (Wildman–Crippen LogP) is 1.46. The normalized spacial score (nSPS) is 12.1. The van der Waals surface area contributed by atoms with E-state index in [2.05, 4.69) is 0 Å². The fourth-order valence-corrected chi connectivity index (χ4v) is 1.23. The third-order valence-electron chi connectivity index (χ3n) is 2.08. The molecule has 0 aromatic heterocycles. The zero-order valence-corrected chi connectivity index (χ0v) is 9.22. The molecule has 1 unspecified atom stereocenters. The number of aliphatic hydroxyl groups excluding tert-OH is 1. The van der Waals surface area contributed by atoms with Crippen LogP contribution >= 0.6 is 0 Å². The standard InChI is InChI=1S/C12H16O4/c1-9(13)6-7-16-11-4-2-10(3-5-11)8-12(14)15/h2-5,9,13H,6-8H2,1H3,(H,14,15).